The van der Waals surface area contributed by atoms with Crippen LogP contribution in [0.4, 0.5) is 4.79 Å². The molecule has 0 saturated carbocycles. The fraction of sp³-hybridized carbons (Fsp3) is 0.500. The van der Waals surface area contributed by atoms with Crippen LogP contribution in [0.5, 0.6) is 0 Å². The van der Waals surface area contributed by atoms with E-state index in [0.29, 0.717) is 0 Å². The highest BCUT2D eigenvalue weighted by Crippen LogP contribution is 2.15. The molecule has 1 saturated heterocycles. The highest BCUT2D eigenvalue weighted by Gasteiger charge is 2.41. The molecule has 1 aliphatic rings. The molecule has 1 atom stereocenters. The Morgan fingerprint density at radius 3 is 2.31 bits per heavy atom. The van der Waals surface area contributed by atoms with E-state index in [-0.39, 0.29) is 5.95 Å². The standard InChI is InChI=1S/C8H12N2O6/c1-8(6(13)9-7(14)10-8)2-5(15-3-11)16-4-12/h2,11-12H,3-4H2,1H3,(H2,9,10,13,14). The predicted octanol–water partition coefficient (Wildman–Crippen LogP) is -1.64. The minimum Gasteiger partial charge on any atom is -0.439 e. The van der Waals surface area contributed by atoms with Crippen molar-refractivity contribution in [3.8, 4) is 0 Å². The maximum atomic E-state index is 11.4. The maximum Gasteiger partial charge on any atom is 0.322 e. The van der Waals surface area contributed by atoms with Crippen molar-refractivity contribution < 1.29 is 29.3 Å². The van der Waals surface area contributed by atoms with Gasteiger partial charge < -0.3 is 25.0 Å². The van der Waals surface area contributed by atoms with Gasteiger partial charge in [0, 0.05) is 6.08 Å². The number of nitrogens with one attached hydrogen (secondary N) is 2. The van der Waals surface area contributed by atoms with Gasteiger partial charge in [0.15, 0.2) is 13.6 Å². The smallest absolute Gasteiger partial charge is 0.322 e. The van der Waals surface area contributed by atoms with E-state index < -0.39 is 31.1 Å². The number of hydrogen-bond donors (Lipinski definition) is 4. The lowest BCUT2D eigenvalue weighted by Crippen LogP contribution is -2.42. The summed E-state index contributed by atoms with van der Waals surface area (Å²) in [6, 6.07) is -0.643. The summed E-state index contributed by atoms with van der Waals surface area (Å²) in [6.45, 7) is 0.0453. The second-order valence-electron chi connectivity index (χ2n) is 3.12. The molecule has 3 amide bonds. The number of urea groups is 1. The molecule has 0 radical (unpaired) electrons. The van der Waals surface area contributed by atoms with Gasteiger partial charge in [-0.15, -0.1) is 0 Å². The second-order valence-corrected chi connectivity index (χ2v) is 3.12. The van der Waals surface area contributed by atoms with Crippen LogP contribution in [0.15, 0.2) is 12.0 Å². The molecule has 90 valence electrons. The molecule has 0 aliphatic carbocycles. The quantitative estimate of drug-likeness (QED) is 0.256. The number of aliphatic hydroxyl groups excluding tert-OH is 2. The molecule has 1 aliphatic heterocycles. The SMILES string of the molecule is CC1(C=C(OCO)OCO)NC(=O)NC1=O. The number of imide groups is 1. The van der Waals surface area contributed by atoms with Gasteiger partial charge in [-0.25, -0.2) is 4.79 Å². The van der Waals surface area contributed by atoms with E-state index in [4.69, 9.17) is 10.2 Å². The zero-order chi connectivity index (χ0) is 12.2. The van der Waals surface area contributed by atoms with Crippen LogP contribution in [-0.2, 0) is 14.3 Å². The first-order valence-corrected chi connectivity index (χ1v) is 4.35. The van der Waals surface area contributed by atoms with E-state index in [0.717, 1.165) is 6.08 Å². The molecule has 0 aromatic rings. The van der Waals surface area contributed by atoms with E-state index in [1.807, 2.05) is 5.32 Å². The first kappa shape index (κ1) is 12.3. The molecular weight excluding hydrogens is 220 g/mol. The average Bonchev–Trinajstić information content (AvgIpc) is 2.41. The Bertz CT molecular complexity index is 320. The Balaban J connectivity index is 2.85. The van der Waals surface area contributed by atoms with Gasteiger partial charge in [-0.1, -0.05) is 0 Å². The zero-order valence-electron chi connectivity index (χ0n) is 8.52. The van der Waals surface area contributed by atoms with Gasteiger partial charge in [-0.3, -0.25) is 10.1 Å². The largest absolute Gasteiger partial charge is 0.439 e. The van der Waals surface area contributed by atoms with Gasteiger partial charge in [-0.05, 0) is 6.92 Å². The van der Waals surface area contributed by atoms with Crippen LogP contribution in [0.2, 0.25) is 0 Å². The van der Waals surface area contributed by atoms with Crippen molar-refractivity contribution in [2.75, 3.05) is 13.6 Å². The average molecular weight is 232 g/mol. The summed E-state index contributed by atoms with van der Waals surface area (Å²) >= 11 is 0. The number of aliphatic hydroxyl groups is 2. The molecule has 8 heteroatoms. The third-order valence-electron chi connectivity index (χ3n) is 1.89. The van der Waals surface area contributed by atoms with E-state index in [2.05, 4.69) is 14.8 Å². The lowest BCUT2D eigenvalue weighted by atomic mass is 10.0. The van der Waals surface area contributed by atoms with Crippen molar-refractivity contribution in [3.63, 3.8) is 0 Å². The lowest BCUT2D eigenvalue weighted by molar-refractivity contribution is -0.122. The van der Waals surface area contributed by atoms with Crippen LogP contribution in [0.1, 0.15) is 6.92 Å². The van der Waals surface area contributed by atoms with Gasteiger partial charge in [0.25, 0.3) is 11.9 Å². The van der Waals surface area contributed by atoms with Crippen molar-refractivity contribution in [2.24, 2.45) is 0 Å². The molecule has 1 fully saturated rings. The molecular formula is C8H12N2O6. The predicted molar refractivity (Wildman–Crippen MR) is 49.5 cm³/mol. The van der Waals surface area contributed by atoms with E-state index >= 15 is 0 Å². The minimum atomic E-state index is -1.34. The highest BCUT2D eigenvalue weighted by atomic mass is 16.7. The van der Waals surface area contributed by atoms with Crippen molar-refractivity contribution >= 4 is 11.9 Å². The molecule has 1 unspecified atom stereocenters. The minimum absolute atomic E-state index is 0.259. The van der Waals surface area contributed by atoms with Gasteiger partial charge >= 0.3 is 6.03 Å². The van der Waals surface area contributed by atoms with Crippen LogP contribution >= 0.6 is 0 Å². The lowest BCUT2D eigenvalue weighted by Gasteiger charge is -2.17. The van der Waals surface area contributed by atoms with Crippen molar-refractivity contribution in [1.29, 1.82) is 0 Å². The second kappa shape index (κ2) is 4.81. The van der Waals surface area contributed by atoms with E-state index in [1.165, 1.54) is 6.92 Å². The topological polar surface area (TPSA) is 117 Å². The monoisotopic (exact) mass is 232 g/mol. The summed E-state index contributed by atoms with van der Waals surface area (Å²) in [6.07, 6.45) is 1.14. The zero-order valence-corrected chi connectivity index (χ0v) is 8.52. The number of ether oxygens (including phenoxy) is 2. The molecule has 16 heavy (non-hydrogen) atoms. The molecule has 8 nitrogen and oxygen atoms in total. The molecule has 0 spiro atoms. The maximum absolute atomic E-state index is 11.4. The Hall–Kier alpha value is -1.80. The molecule has 0 bridgehead atoms. The first-order valence-electron chi connectivity index (χ1n) is 4.35. The molecule has 4 N–H and O–H groups in total. The van der Waals surface area contributed by atoms with E-state index in [1.54, 1.807) is 0 Å². The number of amides is 3. The fourth-order valence-electron chi connectivity index (χ4n) is 1.15. The third kappa shape index (κ3) is 2.61. The van der Waals surface area contributed by atoms with Gasteiger partial charge in [0.1, 0.15) is 5.54 Å². The molecule has 1 heterocycles. The molecule has 0 aromatic heterocycles. The summed E-state index contributed by atoms with van der Waals surface area (Å²) in [7, 11) is 0. The van der Waals surface area contributed by atoms with Crippen LogP contribution < -0.4 is 10.6 Å². The summed E-state index contributed by atoms with van der Waals surface area (Å²) in [4.78, 5) is 22.3. The van der Waals surface area contributed by atoms with Crippen LogP contribution in [0.25, 0.3) is 0 Å². The molecule has 0 aromatic carbocycles. The number of hydrogen-bond acceptors (Lipinski definition) is 6. The van der Waals surface area contributed by atoms with Crippen LogP contribution in [0.3, 0.4) is 0 Å². The van der Waals surface area contributed by atoms with Gasteiger partial charge in [0.05, 0.1) is 0 Å². The van der Waals surface area contributed by atoms with Crippen molar-refractivity contribution in [1.82, 2.24) is 10.6 Å². The Labute approximate surface area is 90.8 Å². The number of carbonyl (C=O) groups is 2. The van der Waals surface area contributed by atoms with Crippen molar-refractivity contribution in [3.05, 3.63) is 12.0 Å². The number of carbonyl (C=O) groups excluding carboxylic acids is 2. The van der Waals surface area contributed by atoms with Crippen LogP contribution in [0, 0.1) is 0 Å². The fourth-order valence-corrected chi connectivity index (χ4v) is 1.15. The van der Waals surface area contributed by atoms with E-state index in [9.17, 15) is 9.59 Å². The summed E-state index contributed by atoms with van der Waals surface area (Å²) < 4.78 is 9.19. The Morgan fingerprint density at radius 2 is 1.94 bits per heavy atom. The highest BCUT2D eigenvalue weighted by molar-refractivity contribution is 6.08. The molecule has 1 rings (SSSR count). The normalized spacial score (nSPS) is 23.4. The Kier molecular flexibility index (Phi) is 3.69. The van der Waals surface area contributed by atoms with Crippen molar-refractivity contribution in [2.45, 2.75) is 12.5 Å². The Morgan fingerprint density at radius 1 is 1.38 bits per heavy atom. The van der Waals surface area contributed by atoms with Crippen LogP contribution in [-0.4, -0.2) is 41.3 Å². The third-order valence-corrected chi connectivity index (χ3v) is 1.89. The van der Waals surface area contributed by atoms with Gasteiger partial charge in [-0.2, -0.15) is 0 Å². The first-order chi connectivity index (χ1) is 7.51. The number of rotatable bonds is 5. The summed E-state index contributed by atoms with van der Waals surface area (Å²) in [5, 5.41) is 21.4. The summed E-state index contributed by atoms with van der Waals surface area (Å²) in [5.74, 6) is -0.845. The summed E-state index contributed by atoms with van der Waals surface area (Å²) in [5.41, 5.74) is -1.34. The van der Waals surface area contributed by atoms with Gasteiger partial charge in [0.2, 0.25) is 0 Å².